The molecule has 7 nitrogen and oxygen atoms in total. The number of methoxy groups -OCH3 is 2. The summed E-state index contributed by atoms with van der Waals surface area (Å²) in [4.78, 5) is 24.7. The van der Waals surface area contributed by atoms with Gasteiger partial charge < -0.3 is 19.2 Å². The highest BCUT2D eigenvalue weighted by Crippen LogP contribution is 2.34. The van der Waals surface area contributed by atoms with E-state index >= 15 is 0 Å². The van der Waals surface area contributed by atoms with E-state index in [1.54, 1.807) is 45.5 Å². The molecule has 148 valence electrons. The molecule has 0 aliphatic carbocycles. The van der Waals surface area contributed by atoms with Crippen molar-refractivity contribution in [2.45, 2.75) is 19.8 Å². The molecule has 7 heteroatoms. The SMILES string of the molecule is COc1ccc(C(C(=O)Nc2ccc3c(c2)oc(=O)n3C)C(C)C)cc1OC. The Labute approximate surface area is 162 Å². The predicted molar refractivity (Wildman–Crippen MR) is 107 cm³/mol. The molecule has 0 saturated heterocycles. The molecule has 1 amide bonds. The van der Waals surface area contributed by atoms with Crippen molar-refractivity contribution in [2.24, 2.45) is 13.0 Å². The van der Waals surface area contributed by atoms with E-state index in [2.05, 4.69) is 5.32 Å². The van der Waals surface area contributed by atoms with Crippen LogP contribution in [0.3, 0.4) is 0 Å². The average molecular weight is 384 g/mol. The molecule has 1 unspecified atom stereocenters. The summed E-state index contributed by atoms with van der Waals surface area (Å²) in [7, 11) is 4.77. The Balaban J connectivity index is 1.91. The number of carbonyl (C=O) groups is 1. The van der Waals surface area contributed by atoms with Crippen LogP contribution in [0.2, 0.25) is 0 Å². The van der Waals surface area contributed by atoms with Crippen molar-refractivity contribution in [1.82, 2.24) is 4.57 Å². The number of benzene rings is 2. The summed E-state index contributed by atoms with van der Waals surface area (Å²) in [6.07, 6.45) is 0. The first kappa shape index (κ1) is 19.5. The molecule has 28 heavy (non-hydrogen) atoms. The highest BCUT2D eigenvalue weighted by Gasteiger charge is 2.25. The quantitative estimate of drug-likeness (QED) is 0.703. The molecule has 0 fully saturated rings. The zero-order chi connectivity index (χ0) is 20.4. The summed E-state index contributed by atoms with van der Waals surface area (Å²) >= 11 is 0. The fourth-order valence-corrected chi connectivity index (χ4v) is 3.32. The van der Waals surface area contributed by atoms with Gasteiger partial charge in [-0.05, 0) is 35.7 Å². The predicted octanol–water partition coefficient (Wildman–Crippen LogP) is 3.53. The molecule has 0 aliphatic rings. The second kappa shape index (κ2) is 7.80. The van der Waals surface area contributed by atoms with Gasteiger partial charge in [-0.1, -0.05) is 19.9 Å². The molecule has 0 aliphatic heterocycles. The molecule has 1 N–H and O–H groups in total. The highest BCUT2D eigenvalue weighted by atomic mass is 16.5. The summed E-state index contributed by atoms with van der Waals surface area (Å²) in [5.41, 5.74) is 2.50. The number of nitrogens with zero attached hydrogens (tertiary/aromatic N) is 1. The van der Waals surface area contributed by atoms with Gasteiger partial charge >= 0.3 is 5.76 Å². The van der Waals surface area contributed by atoms with E-state index in [1.165, 1.54) is 4.57 Å². The molecule has 1 atom stereocenters. The molecule has 1 heterocycles. The fourth-order valence-electron chi connectivity index (χ4n) is 3.32. The Morgan fingerprint density at radius 2 is 1.79 bits per heavy atom. The maximum atomic E-state index is 13.0. The molecule has 3 aromatic rings. The number of fused-ring (bicyclic) bond motifs is 1. The van der Waals surface area contributed by atoms with E-state index in [0.717, 1.165) is 5.56 Å². The Kier molecular flexibility index (Phi) is 5.44. The van der Waals surface area contributed by atoms with Crippen molar-refractivity contribution < 1.29 is 18.7 Å². The molecule has 0 spiro atoms. The summed E-state index contributed by atoms with van der Waals surface area (Å²) in [5, 5.41) is 2.93. The summed E-state index contributed by atoms with van der Waals surface area (Å²) in [6, 6.07) is 10.6. The first-order chi connectivity index (χ1) is 13.3. The number of rotatable bonds is 6. The zero-order valence-electron chi connectivity index (χ0n) is 16.6. The summed E-state index contributed by atoms with van der Waals surface area (Å²) < 4.78 is 17.3. The van der Waals surface area contributed by atoms with Crippen LogP contribution in [-0.2, 0) is 11.8 Å². The van der Waals surface area contributed by atoms with Gasteiger partial charge in [0.05, 0.1) is 25.7 Å². The molecular weight excluding hydrogens is 360 g/mol. The highest BCUT2D eigenvalue weighted by molar-refractivity contribution is 5.97. The summed E-state index contributed by atoms with van der Waals surface area (Å²) in [6.45, 7) is 3.97. The van der Waals surface area contributed by atoms with Crippen molar-refractivity contribution in [1.29, 1.82) is 0 Å². The van der Waals surface area contributed by atoms with Crippen LogP contribution in [0.5, 0.6) is 11.5 Å². The smallest absolute Gasteiger partial charge is 0.419 e. The number of carbonyl (C=O) groups excluding carboxylic acids is 1. The zero-order valence-corrected chi connectivity index (χ0v) is 16.6. The van der Waals surface area contributed by atoms with Crippen LogP contribution in [0.15, 0.2) is 45.6 Å². The Hall–Kier alpha value is -3.22. The van der Waals surface area contributed by atoms with Crippen LogP contribution in [-0.4, -0.2) is 24.7 Å². The normalized spacial score (nSPS) is 12.2. The molecule has 0 bridgehead atoms. The maximum Gasteiger partial charge on any atom is 0.419 e. The minimum Gasteiger partial charge on any atom is -0.493 e. The lowest BCUT2D eigenvalue weighted by Gasteiger charge is -2.22. The number of amides is 1. The van der Waals surface area contributed by atoms with Gasteiger partial charge in [-0.25, -0.2) is 4.79 Å². The van der Waals surface area contributed by atoms with Crippen LogP contribution in [0, 0.1) is 5.92 Å². The van der Waals surface area contributed by atoms with E-state index in [0.29, 0.717) is 28.3 Å². The lowest BCUT2D eigenvalue weighted by molar-refractivity contribution is -0.118. The number of aryl methyl sites for hydroxylation is 1. The minimum atomic E-state index is -0.441. The van der Waals surface area contributed by atoms with Gasteiger partial charge in [-0.2, -0.15) is 0 Å². The lowest BCUT2D eigenvalue weighted by atomic mass is 9.87. The standard InChI is InChI=1S/C21H24N2O5/c1-12(2)19(13-6-9-16(26-4)18(10-13)27-5)20(24)22-14-7-8-15-17(11-14)28-21(25)23(15)3/h6-12,19H,1-5H3,(H,22,24). The number of oxazole rings is 1. The van der Waals surface area contributed by atoms with Crippen LogP contribution < -0.4 is 20.5 Å². The van der Waals surface area contributed by atoms with Crippen molar-refractivity contribution in [3.63, 3.8) is 0 Å². The third-order valence-corrected chi connectivity index (χ3v) is 4.78. The number of aromatic nitrogens is 1. The van der Waals surface area contributed by atoms with Crippen LogP contribution in [0.1, 0.15) is 25.3 Å². The van der Waals surface area contributed by atoms with Gasteiger partial charge in [0.2, 0.25) is 5.91 Å². The van der Waals surface area contributed by atoms with Crippen LogP contribution in [0.4, 0.5) is 5.69 Å². The molecule has 1 aromatic heterocycles. The number of hydrogen-bond donors (Lipinski definition) is 1. The average Bonchev–Trinajstić information content (AvgIpc) is 2.94. The first-order valence-corrected chi connectivity index (χ1v) is 8.98. The molecule has 3 rings (SSSR count). The molecular formula is C21H24N2O5. The number of nitrogens with one attached hydrogen (secondary N) is 1. The number of anilines is 1. The third-order valence-electron chi connectivity index (χ3n) is 4.78. The van der Waals surface area contributed by atoms with Gasteiger partial charge in [0, 0.05) is 18.8 Å². The minimum absolute atomic E-state index is 0.0523. The third kappa shape index (κ3) is 3.60. The molecule has 0 radical (unpaired) electrons. The summed E-state index contributed by atoms with van der Waals surface area (Å²) in [5.74, 6) is 0.253. The van der Waals surface area contributed by atoms with E-state index < -0.39 is 11.7 Å². The van der Waals surface area contributed by atoms with Gasteiger partial charge in [0.1, 0.15) is 0 Å². The first-order valence-electron chi connectivity index (χ1n) is 8.98. The van der Waals surface area contributed by atoms with E-state index in [4.69, 9.17) is 13.9 Å². The van der Waals surface area contributed by atoms with Gasteiger partial charge in [-0.3, -0.25) is 9.36 Å². The van der Waals surface area contributed by atoms with Crippen molar-refractivity contribution in [3.8, 4) is 11.5 Å². The fraction of sp³-hybridized carbons (Fsp3) is 0.333. The Morgan fingerprint density at radius 3 is 2.43 bits per heavy atom. The second-order valence-electron chi connectivity index (χ2n) is 6.93. The van der Waals surface area contributed by atoms with Crippen molar-refractivity contribution >= 4 is 22.7 Å². The van der Waals surface area contributed by atoms with Crippen LogP contribution >= 0.6 is 0 Å². The van der Waals surface area contributed by atoms with E-state index in [9.17, 15) is 9.59 Å². The maximum absolute atomic E-state index is 13.0. The lowest BCUT2D eigenvalue weighted by Crippen LogP contribution is -2.25. The topological polar surface area (TPSA) is 82.7 Å². The molecule has 0 saturated carbocycles. The van der Waals surface area contributed by atoms with Gasteiger partial charge in [0.25, 0.3) is 0 Å². The second-order valence-corrected chi connectivity index (χ2v) is 6.93. The van der Waals surface area contributed by atoms with Gasteiger partial charge in [-0.15, -0.1) is 0 Å². The monoisotopic (exact) mass is 384 g/mol. The van der Waals surface area contributed by atoms with Crippen molar-refractivity contribution in [2.75, 3.05) is 19.5 Å². The number of hydrogen-bond acceptors (Lipinski definition) is 5. The van der Waals surface area contributed by atoms with E-state index in [1.807, 2.05) is 26.0 Å². The molecule has 2 aromatic carbocycles. The Bertz CT molecular complexity index is 1060. The Morgan fingerprint density at radius 1 is 1.07 bits per heavy atom. The van der Waals surface area contributed by atoms with Crippen LogP contribution in [0.25, 0.3) is 11.1 Å². The largest absolute Gasteiger partial charge is 0.493 e. The number of ether oxygens (including phenoxy) is 2. The van der Waals surface area contributed by atoms with Gasteiger partial charge in [0.15, 0.2) is 17.1 Å². The van der Waals surface area contributed by atoms with E-state index in [-0.39, 0.29) is 11.8 Å². The van der Waals surface area contributed by atoms with Crippen molar-refractivity contribution in [3.05, 3.63) is 52.5 Å².